The Bertz CT molecular complexity index is 2110. The first-order chi connectivity index (χ1) is 31.5. The summed E-state index contributed by atoms with van der Waals surface area (Å²) in [5, 5.41) is 0. The minimum Gasteiger partial charge on any atom is -0.494 e. The van der Waals surface area contributed by atoms with E-state index in [9.17, 15) is 9.59 Å². The van der Waals surface area contributed by atoms with Crippen molar-refractivity contribution in [3.63, 3.8) is 0 Å². The second-order valence-corrected chi connectivity index (χ2v) is 17.1. The maximum Gasteiger partial charge on any atom is 0.315 e. The van der Waals surface area contributed by atoms with Crippen LogP contribution in [0.1, 0.15) is 114 Å². The standard InChI is InChI=1S/C58H64O6/c1-3-5-7-9-11-19-41-61-49-33-29-47(30-34-49)53-55(57(59)63-51-37-25-45(26-38-51)43-21-15-13-16-22-43)54(48-31-35-50(36-32-48)62-42-20-12-10-8-6-4-2)56(53)58(60)64-52-39-27-46(28-40-52)44-23-17-14-18-24-44/h13-18,21-40,53-56H,3-12,19-20,41-42H2,1-2H3. The Kier molecular flexibility index (Phi) is 17.2. The van der Waals surface area contributed by atoms with Crippen molar-refractivity contribution in [2.24, 2.45) is 11.8 Å². The molecule has 0 saturated heterocycles. The number of rotatable bonds is 24. The second kappa shape index (κ2) is 24.1. The van der Waals surface area contributed by atoms with E-state index in [4.69, 9.17) is 18.9 Å². The fourth-order valence-electron chi connectivity index (χ4n) is 8.94. The van der Waals surface area contributed by atoms with Crippen LogP contribution in [0.15, 0.2) is 158 Å². The van der Waals surface area contributed by atoms with Crippen LogP contribution in [0.3, 0.4) is 0 Å². The van der Waals surface area contributed by atoms with Gasteiger partial charge in [0.25, 0.3) is 0 Å². The van der Waals surface area contributed by atoms with Crippen molar-refractivity contribution >= 4 is 11.9 Å². The molecule has 0 spiro atoms. The van der Waals surface area contributed by atoms with Crippen LogP contribution in [0, 0.1) is 11.8 Å². The molecule has 64 heavy (non-hydrogen) atoms. The average Bonchev–Trinajstić information content (AvgIpc) is 3.32. The third-order valence-electron chi connectivity index (χ3n) is 12.5. The topological polar surface area (TPSA) is 71.1 Å². The molecule has 1 fully saturated rings. The highest BCUT2D eigenvalue weighted by atomic mass is 16.5. The van der Waals surface area contributed by atoms with Gasteiger partial charge >= 0.3 is 11.9 Å². The van der Waals surface area contributed by atoms with Crippen molar-refractivity contribution in [2.45, 2.75) is 103 Å². The molecule has 1 saturated carbocycles. The first-order valence-corrected chi connectivity index (χ1v) is 23.7. The molecule has 0 atom stereocenters. The summed E-state index contributed by atoms with van der Waals surface area (Å²) in [5.41, 5.74) is 5.91. The largest absolute Gasteiger partial charge is 0.494 e. The van der Waals surface area contributed by atoms with Crippen LogP contribution in [0.4, 0.5) is 0 Å². The van der Waals surface area contributed by atoms with E-state index in [1.165, 1.54) is 51.4 Å². The second-order valence-electron chi connectivity index (χ2n) is 17.1. The van der Waals surface area contributed by atoms with Gasteiger partial charge in [-0.2, -0.15) is 0 Å². The monoisotopic (exact) mass is 856 g/mol. The number of carbonyl (C=O) groups is 2. The summed E-state index contributed by atoms with van der Waals surface area (Å²) in [6.07, 6.45) is 14.2. The van der Waals surface area contributed by atoms with Crippen molar-refractivity contribution in [1.29, 1.82) is 0 Å². The molecule has 7 rings (SSSR count). The molecule has 1 aliphatic carbocycles. The molecule has 1 aliphatic rings. The fraction of sp³-hybridized carbons (Fsp3) is 0.345. The summed E-state index contributed by atoms with van der Waals surface area (Å²) in [5.74, 6) is -0.779. The van der Waals surface area contributed by atoms with Crippen LogP contribution in [-0.2, 0) is 9.59 Å². The van der Waals surface area contributed by atoms with E-state index in [-0.39, 0.29) is 0 Å². The van der Waals surface area contributed by atoms with Gasteiger partial charge in [-0.15, -0.1) is 0 Å². The van der Waals surface area contributed by atoms with E-state index in [0.717, 1.165) is 70.6 Å². The normalized spacial score (nSPS) is 16.7. The van der Waals surface area contributed by atoms with Gasteiger partial charge in [0.2, 0.25) is 0 Å². The predicted molar refractivity (Wildman–Crippen MR) is 258 cm³/mol. The average molecular weight is 857 g/mol. The van der Waals surface area contributed by atoms with Crippen molar-refractivity contribution in [3.8, 4) is 45.3 Å². The van der Waals surface area contributed by atoms with Crippen molar-refractivity contribution in [2.75, 3.05) is 13.2 Å². The third-order valence-corrected chi connectivity index (χ3v) is 12.5. The van der Waals surface area contributed by atoms with Crippen molar-refractivity contribution in [1.82, 2.24) is 0 Å². The number of ether oxygens (including phenoxy) is 4. The summed E-state index contributed by atoms with van der Waals surface area (Å²) >= 11 is 0. The molecule has 0 aromatic heterocycles. The van der Waals surface area contributed by atoms with E-state index in [2.05, 4.69) is 38.1 Å². The van der Waals surface area contributed by atoms with Gasteiger partial charge < -0.3 is 18.9 Å². The highest BCUT2D eigenvalue weighted by Crippen LogP contribution is 2.58. The predicted octanol–water partition coefficient (Wildman–Crippen LogP) is 14.8. The lowest BCUT2D eigenvalue weighted by molar-refractivity contribution is -0.156. The van der Waals surface area contributed by atoms with Crippen LogP contribution in [0.5, 0.6) is 23.0 Å². The van der Waals surface area contributed by atoms with Gasteiger partial charge in [0.1, 0.15) is 23.0 Å². The molecule has 0 bridgehead atoms. The summed E-state index contributed by atoms with van der Waals surface area (Å²) in [6.45, 7) is 5.75. The quantitative estimate of drug-likeness (QED) is 0.0343. The SMILES string of the molecule is CCCCCCCCOc1ccc(C2C(C(=O)Oc3ccc(-c4ccccc4)cc3)C(c3ccc(OCCCCCCCC)cc3)C2C(=O)Oc2ccc(-c3ccccc3)cc2)cc1. The van der Waals surface area contributed by atoms with Gasteiger partial charge in [-0.25, -0.2) is 0 Å². The Morgan fingerprint density at radius 1 is 0.359 bits per heavy atom. The summed E-state index contributed by atoms with van der Waals surface area (Å²) in [4.78, 5) is 29.3. The van der Waals surface area contributed by atoms with Gasteiger partial charge in [0, 0.05) is 11.8 Å². The fourth-order valence-corrected chi connectivity index (χ4v) is 8.94. The molecule has 6 heteroatoms. The van der Waals surface area contributed by atoms with E-state index < -0.39 is 35.6 Å². The Morgan fingerprint density at radius 3 is 1.03 bits per heavy atom. The number of esters is 2. The number of benzene rings is 6. The Balaban J connectivity index is 1.15. The number of unbranched alkanes of at least 4 members (excludes halogenated alkanes) is 10. The molecule has 0 N–H and O–H groups in total. The van der Waals surface area contributed by atoms with Crippen LogP contribution in [0.25, 0.3) is 22.3 Å². The number of hydrogen-bond acceptors (Lipinski definition) is 6. The molecule has 332 valence electrons. The zero-order valence-electron chi connectivity index (χ0n) is 37.7. The molecule has 0 amide bonds. The van der Waals surface area contributed by atoms with Crippen LogP contribution in [-0.4, -0.2) is 25.2 Å². The third kappa shape index (κ3) is 12.5. The van der Waals surface area contributed by atoms with Crippen LogP contribution >= 0.6 is 0 Å². The Hall–Kier alpha value is -6.14. The zero-order valence-corrected chi connectivity index (χ0v) is 37.7. The molecular formula is C58H64O6. The Morgan fingerprint density at radius 2 is 0.672 bits per heavy atom. The lowest BCUT2D eigenvalue weighted by Crippen LogP contribution is -2.53. The maximum atomic E-state index is 14.7. The van der Waals surface area contributed by atoms with Crippen LogP contribution < -0.4 is 18.9 Å². The van der Waals surface area contributed by atoms with Gasteiger partial charge in [0.05, 0.1) is 25.0 Å². The summed E-state index contributed by atoms with van der Waals surface area (Å²) < 4.78 is 24.7. The molecule has 6 aromatic carbocycles. The minimum absolute atomic E-state index is 0.398. The first-order valence-electron chi connectivity index (χ1n) is 23.7. The molecule has 6 aromatic rings. The smallest absolute Gasteiger partial charge is 0.315 e. The Labute approximate surface area is 381 Å². The molecule has 0 unspecified atom stereocenters. The molecular weight excluding hydrogens is 793 g/mol. The molecule has 6 nitrogen and oxygen atoms in total. The van der Waals surface area contributed by atoms with Crippen molar-refractivity contribution < 1.29 is 28.5 Å². The van der Waals surface area contributed by atoms with E-state index in [1.807, 2.05) is 133 Å². The maximum absolute atomic E-state index is 14.7. The summed E-state index contributed by atoms with van der Waals surface area (Å²) in [6, 6.07) is 51.1. The molecule has 0 radical (unpaired) electrons. The highest BCUT2D eigenvalue weighted by molar-refractivity contribution is 5.87. The van der Waals surface area contributed by atoms with Gasteiger partial charge in [-0.05, 0) is 94.8 Å². The highest BCUT2D eigenvalue weighted by Gasteiger charge is 2.60. The summed E-state index contributed by atoms with van der Waals surface area (Å²) in [7, 11) is 0. The van der Waals surface area contributed by atoms with Gasteiger partial charge in [0.15, 0.2) is 0 Å². The first kappa shape index (κ1) is 45.9. The zero-order chi connectivity index (χ0) is 44.4. The van der Waals surface area contributed by atoms with Gasteiger partial charge in [-0.1, -0.05) is 187 Å². The lowest BCUT2D eigenvalue weighted by Gasteiger charge is -2.49. The van der Waals surface area contributed by atoms with E-state index in [1.54, 1.807) is 0 Å². The number of carbonyl (C=O) groups excluding carboxylic acids is 2. The molecule has 0 aliphatic heterocycles. The van der Waals surface area contributed by atoms with E-state index in [0.29, 0.717) is 24.7 Å². The van der Waals surface area contributed by atoms with Crippen LogP contribution in [0.2, 0.25) is 0 Å². The lowest BCUT2D eigenvalue weighted by atomic mass is 9.52. The molecule has 0 heterocycles. The number of hydrogen-bond donors (Lipinski definition) is 0. The minimum atomic E-state index is -0.684. The van der Waals surface area contributed by atoms with Crippen molar-refractivity contribution in [3.05, 3.63) is 169 Å². The van der Waals surface area contributed by atoms with E-state index >= 15 is 0 Å². The van der Waals surface area contributed by atoms with Gasteiger partial charge in [-0.3, -0.25) is 9.59 Å².